The third kappa shape index (κ3) is 1.98. The van der Waals surface area contributed by atoms with Crippen molar-refractivity contribution in [1.82, 2.24) is 0 Å². The van der Waals surface area contributed by atoms with Crippen LogP contribution in [0.5, 0.6) is 0 Å². The average molecular weight is 186 g/mol. The molecule has 0 saturated carbocycles. The number of halogens is 1. The highest BCUT2D eigenvalue weighted by molar-refractivity contribution is 5.36. The quantitative estimate of drug-likeness (QED) is 0.566. The molecule has 5 nitrogen and oxygen atoms in total. The van der Waals surface area contributed by atoms with E-state index in [2.05, 4.69) is 4.84 Å². The Kier molecular flexibility index (Phi) is 2.88. The zero-order valence-corrected chi connectivity index (χ0v) is 6.57. The monoisotopic (exact) mass is 186 g/mol. The Morgan fingerprint density at radius 2 is 2.31 bits per heavy atom. The van der Waals surface area contributed by atoms with E-state index in [1.807, 2.05) is 0 Å². The molecule has 0 unspecified atom stereocenters. The maximum atomic E-state index is 13.1. The molecule has 0 spiro atoms. The van der Waals surface area contributed by atoms with Crippen LogP contribution < -0.4 is 5.90 Å². The van der Waals surface area contributed by atoms with Crippen LogP contribution in [0.3, 0.4) is 0 Å². The molecule has 13 heavy (non-hydrogen) atoms. The summed E-state index contributed by atoms with van der Waals surface area (Å²) in [5.74, 6) is 3.81. The van der Waals surface area contributed by atoms with Crippen molar-refractivity contribution in [2.24, 2.45) is 5.90 Å². The minimum atomic E-state index is -0.905. The first kappa shape index (κ1) is 9.56. The first-order valence-corrected chi connectivity index (χ1v) is 3.40. The smallest absolute Gasteiger partial charge is 0.300 e. The highest BCUT2D eigenvalue weighted by Gasteiger charge is 2.16. The van der Waals surface area contributed by atoms with E-state index in [0.717, 1.165) is 6.07 Å². The number of nitrogens with two attached hydrogens (primary N) is 1. The van der Waals surface area contributed by atoms with Gasteiger partial charge in [-0.05, 0) is 0 Å². The van der Waals surface area contributed by atoms with Gasteiger partial charge in [-0.1, -0.05) is 12.1 Å². The summed E-state index contributed by atoms with van der Waals surface area (Å²) < 4.78 is 13.1. The van der Waals surface area contributed by atoms with Crippen LogP contribution >= 0.6 is 0 Å². The van der Waals surface area contributed by atoms with Crippen molar-refractivity contribution in [1.29, 1.82) is 0 Å². The zero-order chi connectivity index (χ0) is 9.84. The van der Waals surface area contributed by atoms with E-state index in [9.17, 15) is 14.5 Å². The molecule has 0 bridgehead atoms. The van der Waals surface area contributed by atoms with Gasteiger partial charge in [0.1, 0.15) is 0 Å². The Balaban J connectivity index is 3.10. The lowest BCUT2D eigenvalue weighted by Gasteiger charge is -2.00. The SMILES string of the molecule is NOCc1cccc([N+](=O)[O-])c1F. The molecule has 0 saturated heterocycles. The number of rotatable bonds is 3. The van der Waals surface area contributed by atoms with Crippen molar-refractivity contribution in [2.75, 3.05) is 0 Å². The van der Waals surface area contributed by atoms with Gasteiger partial charge >= 0.3 is 5.69 Å². The third-order valence-corrected chi connectivity index (χ3v) is 1.49. The first-order chi connectivity index (χ1) is 6.16. The van der Waals surface area contributed by atoms with Crippen molar-refractivity contribution in [3.63, 3.8) is 0 Å². The van der Waals surface area contributed by atoms with Crippen molar-refractivity contribution >= 4 is 5.69 Å². The molecule has 0 amide bonds. The topological polar surface area (TPSA) is 78.4 Å². The van der Waals surface area contributed by atoms with Gasteiger partial charge in [-0.2, -0.15) is 4.39 Å². The predicted octanol–water partition coefficient (Wildman–Crippen LogP) is 1.12. The van der Waals surface area contributed by atoms with E-state index in [1.54, 1.807) is 0 Å². The van der Waals surface area contributed by atoms with E-state index >= 15 is 0 Å². The van der Waals surface area contributed by atoms with E-state index < -0.39 is 16.4 Å². The predicted molar refractivity (Wildman–Crippen MR) is 42.0 cm³/mol. The fourth-order valence-electron chi connectivity index (χ4n) is 0.908. The van der Waals surface area contributed by atoms with Crippen molar-refractivity contribution in [3.8, 4) is 0 Å². The molecule has 1 rings (SSSR count). The Labute approximate surface area is 73.0 Å². The average Bonchev–Trinajstić information content (AvgIpc) is 2.08. The summed E-state index contributed by atoms with van der Waals surface area (Å²) in [6.45, 7) is -0.187. The summed E-state index contributed by atoms with van der Waals surface area (Å²) in [4.78, 5) is 13.7. The van der Waals surface area contributed by atoms with Gasteiger partial charge in [0, 0.05) is 11.6 Å². The zero-order valence-electron chi connectivity index (χ0n) is 6.57. The van der Waals surface area contributed by atoms with E-state index in [1.165, 1.54) is 12.1 Å². The molecule has 2 N–H and O–H groups in total. The van der Waals surface area contributed by atoms with Crippen molar-refractivity contribution < 1.29 is 14.2 Å². The highest BCUT2D eigenvalue weighted by atomic mass is 19.1. The number of nitrogens with zero attached hydrogens (tertiary/aromatic N) is 1. The molecule has 0 aromatic heterocycles. The van der Waals surface area contributed by atoms with Gasteiger partial charge in [0.2, 0.25) is 5.82 Å². The summed E-state index contributed by atoms with van der Waals surface area (Å²) in [5.41, 5.74) is -0.508. The van der Waals surface area contributed by atoms with Gasteiger partial charge in [0.15, 0.2) is 0 Å². The molecule has 0 radical (unpaired) electrons. The third-order valence-electron chi connectivity index (χ3n) is 1.49. The standard InChI is InChI=1S/C7H7FN2O3/c8-7-5(4-13-9)2-1-3-6(7)10(11)12/h1-3H,4,9H2. The molecule has 1 aromatic rings. The molecule has 0 aliphatic rings. The normalized spacial score (nSPS) is 10.0. The highest BCUT2D eigenvalue weighted by Crippen LogP contribution is 2.20. The molecule has 1 aromatic carbocycles. The summed E-state index contributed by atoms with van der Waals surface area (Å²) >= 11 is 0. The minimum absolute atomic E-state index is 0.0664. The largest absolute Gasteiger partial charge is 0.305 e. The molecular weight excluding hydrogens is 179 g/mol. The van der Waals surface area contributed by atoms with Gasteiger partial charge in [-0.15, -0.1) is 0 Å². The molecular formula is C7H7FN2O3. The maximum Gasteiger partial charge on any atom is 0.305 e. The molecule has 0 aliphatic carbocycles. The van der Waals surface area contributed by atoms with Gasteiger partial charge in [-0.3, -0.25) is 15.0 Å². The van der Waals surface area contributed by atoms with Crippen molar-refractivity contribution in [2.45, 2.75) is 6.61 Å². The first-order valence-electron chi connectivity index (χ1n) is 3.40. The van der Waals surface area contributed by atoms with Gasteiger partial charge < -0.3 is 0 Å². The summed E-state index contributed by atoms with van der Waals surface area (Å²) in [6.07, 6.45) is 0. The van der Waals surface area contributed by atoms with E-state index in [-0.39, 0.29) is 12.2 Å². The van der Waals surface area contributed by atoms with Crippen LogP contribution in [-0.2, 0) is 11.4 Å². The molecule has 70 valence electrons. The fraction of sp³-hybridized carbons (Fsp3) is 0.143. The number of nitro groups is 1. The van der Waals surface area contributed by atoms with Crippen LogP contribution in [0.15, 0.2) is 18.2 Å². The fourth-order valence-corrected chi connectivity index (χ4v) is 0.908. The van der Waals surface area contributed by atoms with Gasteiger partial charge in [0.05, 0.1) is 11.5 Å². The lowest BCUT2D eigenvalue weighted by Crippen LogP contribution is -2.03. The van der Waals surface area contributed by atoms with Crippen LogP contribution in [-0.4, -0.2) is 4.92 Å². The van der Waals surface area contributed by atoms with Gasteiger partial charge in [0.25, 0.3) is 0 Å². The van der Waals surface area contributed by atoms with Crippen LogP contribution in [0.2, 0.25) is 0 Å². The van der Waals surface area contributed by atoms with Crippen molar-refractivity contribution in [3.05, 3.63) is 39.7 Å². The maximum absolute atomic E-state index is 13.1. The molecule has 0 aliphatic heterocycles. The summed E-state index contributed by atoms with van der Waals surface area (Å²) in [5, 5.41) is 10.3. The second kappa shape index (κ2) is 3.92. The molecule has 0 fully saturated rings. The molecule has 0 heterocycles. The van der Waals surface area contributed by atoms with Gasteiger partial charge in [-0.25, -0.2) is 5.90 Å². The van der Waals surface area contributed by atoms with Crippen LogP contribution in [0.4, 0.5) is 10.1 Å². The summed E-state index contributed by atoms with van der Waals surface area (Å²) in [7, 11) is 0. The van der Waals surface area contributed by atoms with Crippen LogP contribution in [0.25, 0.3) is 0 Å². The second-order valence-corrected chi connectivity index (χ2v) is 2.32. The Morgan fingerprint density at radius 1 is 1.62 bits per heavy atom. The second-order valence-electron chi connectivity index (χ2n) is 2.32. The number of hydrogen-bond donors (Lipinski definition) is 1. The van der Waals surface area contributed by atoms with Crippen LogP contribution in [0.1, 0.15) is 5.56 Å². The lowest BCUT2D eigenvalue weighted by molar-refractivity contribution is -0.387. The lowest BCUT2D eigenvalue weighted by atomic mass is 10.2. The van der Waals surface area contributed by atoms with E-state index in [4.69, 9.17) is 5.90 Å². The van der Waals surface area contributed by atoms with Crippen LogP contribution in [0, 0.1) is 15.9 Å². The Morgan fingerprint density at radius 3 is 2.85 bits per heavy atom. The number of nitro benzene ring substituents is 1. The molecule has 0 atom stereocenters. The van der Waals surface area contributed by atoms with E-state index in [0.29, 0.717) is 0 Å². The number of hydrogen-bond acceptors (Lipinski definition) is 4. The Bertz CT molecular complexity index is 330. The summed E-state index contributed by atoms with van der Waals surface area (Å²) in [6, 6.07) is 3.82. The number of benzene rings is 1. The minimum Gasteiger partial charge on any atom is -0.300 e. The molecule has 6 heteroatoms. The Hall–Kier alpha value is -1.53.